The molecule has 3 rings (SSSR count). The first-order chi connectivity index (χ1) is 12.6. The van der Waals surface area contributed by atoms with Gasteiger partial charge in [-0.3, -0.25) is 0 Å². The Morgan fingerprint density at radius 1 is 1.19 bits per heavy atom. The van der Waals surface area contributed by atoms with Crippen LogP contribution in [0.2, 0.25) is 0 Å². The maximum absolute atomic E-state index is 11.8. The molecule has 0 radical (unpaired) electrons. The quantitative estimate of drug-likeness (QED) is 0.854. The smallest absolute Gasteiger partial charge is 0.409 e. The fourth-order valence-electron chi connectivity index (χ4n) is 3.01. The Balaban J connectivity index is 1.59. The fraction of sp³-hybridized carbons (Fsp3) is 0.421. The molecule has 1 aromatic heterocycles. The number of carbonyl (C=O) groups excluding carboxylic acids is 1. The van der Waals surface area contributed by atoms with Gasteiger partial charge in [0, 0.05) is 30.9 Å². The molecule has 1 aliphatic heterocycles. The third-order valence-corrected chi connectivity index (χ3v) is 4.26. The van der Waals surface area contributed by atoms with Crippen LogP contribution in [0.3, 0.4) is 0 Å². The maximum Gasteiger partial charge on any atom is 0.409 e. The summed E-state index contributed by atoms with van der Waals surface area (Å²) in [6.45, 7) is 5.50. The average molecular weight is 355 g/mol. The zero-order valence-corrected chi connectivity index (χ0v) is 15.2. The number of hydrogen-bond donors (Lipinski definition) is 2. The van der Waals surface area contributed by atoms with Crippen LogP contribution in [0.1, 0.15) is 25.6 Å². The molecule has 2 heterocycles. The predicted molar refractivity (Wildman–Crippen MR) is 102 cm³/mol. The van der Waals surface area contributed by atoms with Crippen LogP contribution < -0.4 is 10.6 Å². The number of ether oxygens (including phenoxy) is 1. The van der Waals surface area contributed by atoms with E-state index in [9.17, 15) is 4.79 Å². The van der Waals surface area contributed by atoms with Crippen LogP contribution in [0.15, 0.2) is 36.4 Å². The van der Waals surface area contributed by atoms with Crippen molar-refractivity contribution in [3.63, 3.8) is 0 Å². The molecule has 0 unspecified atom stereocenters. The van der Waals surface area contributed by atoms with Gasteiger partial charge in [-0.2, -0.15) is 0 Å². The second-order valence-corrected chi connectivity index (χ2v) is 6.28. The lowest BCUT2D eigenvalue weighted by atomic mass is 10.1. The summed E-state index contributed by atoms with van der Waals surface area (Å²) < 4.78 is 5.06. The van der Waals surface area contributed by atoms with Gasteiger partial charge in [0.15, 0.2) is 0 Å². The minimum absolute atomic E-state index is 0.224. The molecule has 0 saturated carbocycles. The Morgan fingerprint density at radius 3 is 2.58 bits per heavy atom. The number of hydrogen-bond acceptors (Lipinski definition) is 6. The first-order valence-corrected chi connectivity index (χ1v) is 9.00. The standard InChI is InChI=1S/C19H25N5O2/c1-3-26-19(25)24-11-9-16(10-12-24)23-18-13-17(20-14(2)21-18)22-15-7-5-4-6-8-15/h4-8,13,16H,3,9-12H2,1-2H3,(H2,20,21,22,23). The van der Waals surface area contributed by atoms with Gasteiger partial charge in [0.1, 0.15) is 17.5 Å². The van der Waals surface area contributed by atoms with Crippen LogP contribution in [0.25, 0.3) is 0 Å². The Hall–Kier alpha value is -2.83. The number of piperidine rings is 1. The minimum Gasteiger partial charge on any atom is -0.450 e. The van der Waals surface area contributed by atoms with Gasteiger partial charge in [-0.1, -0.05) is 18.2 Å². The number of anilines is 3. The normalized spacial score (nSPS) is 14.8. The van der Waals surface area contributed by atoms with Gasteiger partial charge in [-0.05, 0) is 38.8 Å². The molecule has 0 atom stereocenters. The lowest BCUT2D eigenvalue weighted by molar-refractivity contribution is 0.0983. The predicted octanol–water partition coefficient (Wildman–Crippen LogP) is 3.56. The monoisotopic (exact) mass is 355 g/mol. The molecule has 26 heavy (non-hydrogen) atoms. The summed E-state index contributed by atoms with van der Waals surface area (Å²) in [5.74, 6) is 2.26. The molecule has 1 aliphatic rings. The van der Waals surface area contributed by atoms with Crippen LogP contribution in [-0.4, -0.2) is 46.7 Å². The van der Waals surface area contributed by atoms with Gasteiger partial charge < -0.3 is 20.3 Å². The molecule has 0 aliphatic carbocycles. The summed E-state index contributed by atoms with van der Waals surface area (Å²) in [4.78, 5) is 22.5. The Bertz CT molecular complexity index is 730. The van der Waals surface area contributed by atoms with E-state index in [1.165, 1.54) is 0 Å². The number of carbonyl (C=O) groups is 1. The van der Waals surface area contributed by atoms with Gasteiger partial charge in [-0.25, -0.2) is 14.8 Å². The van der Waals surface area contributed by atoms with Gasteiger partial charge in [-0.15, -0.1) is 0 Å². The van der Waals surface area contributed by atoms with Crippen LogP contribution in [-0.2, 0) is 4.74 Å². The number of aromatic nitrogens is 2. The molecular weight excluding hydrogens is 330 g/mol. The van der Waals surface area contributed by atoms with Crippen molar-refractivity contribution < 1.29 is 9.53 Å². The molecular formula is C19H25N5O2. The van der Waals surface area contributed by atoms with Gasteiger partial charge in [0.25, 0.3) is 0 Å². The largest absolute Gasteiger partial charge is 0.450 e. The fourth-order valence-corrected chi connectivity index (χ4v) is 3.01. The highest BCUT2D eigenvalue weighted by atomic mass is 16.6. The van der Waals surface area contributed by atoms with Crippen molar-refractivity contribution in [3.05, 3.63) is 42.2 Å². The molecule has 2 aromatic rings. The zero-order chi connectivity index (χ0) is 18.4. The molecule has 1 saturated heterocycles. The zero-order valence-electron chi connectivity index (χ0n) is 15.2. The SMILES string of the molecule is CCOC(=O)N1CCC(Nc2cc(Nc3ccccc3)nc(C)n2)CC1. The number of nitrogens with zero attached hydrogens (tertiary/aromatic N) is 3. The molecule has 0 bridgehead atoms. The third-order valence-electron chi connectivity index (χ3n) is 4.26. The molecule has 1 aromatic carbocycles. The Labute approximate surface area is 153 Å². The average Bonchev–Trinajstić information content (AvgIpc) is 2.63. The summed E-state index contributed by atoms with van der Waals surface area (Å²) in [6.07, 6.45) is 1.50. The van der Waals surface area contributed by atoms with Gasteiger partial charge in [0.2, 0.25) is 0 Å². The molecule has 7 nitrogen and oxygen atoms in total. The number of para-hydroxylation sites is 1. The summed E-state index contributed by atoms with van der Waals surface area (Å²) in [5, 5.41) is 6.77. The van der Waals surface area contributed by atoms with E-state index in [1.807, 2.05) is 50.2 Å². The van der Waals surface area contributed by atoms with E-state index in [4.69, 9.17) is 4.74 Å². The second-order valence-electron chi connectivity index (χ2n) is 6.28. The Morgan fingerprint density at radius 2 is 1.88 bits per heavy atom. The van der Waals surface area contributed by atoms with Crippen LogP contribution in [0, 0.1) is 6.92 Å². The molecule has 0 spiro atoms. The van der Waals surface area contributed by atoms with E-state index in [1.54, 1.807) is 4.90 Å². The highest BCUT2D eigenvalue weighted by molar-refractivity contribution is 5.67. The first kappa shape index (κ1) is 18.0. The highest BCUT2D eigenvalue weighted by Crippen LogP contribution is 2.20. The number of aryl methyl sites for hydroxylation is 1. The number of nitrogens with one attached hydrogen (secondary N) is 2. The third kappa shape index (κ3) is 4.84. The number of likely N-dealkylation sites (tertiary alicyclic amines) is 1. The van der Waals surface area contributed by atoms with Crippen molar-refractivity contribution in [1.29, 1.82) is 0 Å². The molecule has 138 valence electrons. The number of amides is 1. The molecule has 1 amide bonds. The van der Waals surface area contributed by atoms with Crippen LogP contribution in [0.5, 0.6) is 0 Å². The Kier molecular flexibility index (Phi) is 5.88. The van der Waals surface area contributed by atoms with E-state index in [2.05, 4.69) is 20.6 Å². The van der Waals surface area contributed by atoms with Crippen molar-refractivity contribution in [2.24, 2.45) is 0 Å². The van der Waals surface area contributed by atoms with Crippen molar-refractivity contribution in [1.82, 2.24) is 14.9 Å². The van der Waals surface area contributed by atoms with E-state index >= 15 is 0 Å². The topological polar surface area (TPSA) is 79.4 Å². The van der Waals surface area contributed by atoms with Crippen molar-refractivity contribution >= 4 is 23.4 Å². The van der Waals surface area contributed by atoms with Crippen LogP contribution >= 0.6 is 0 Å². The van der Waals surface area contributed by atoms with Crippen molar-refractivity contribution in [3.8, 4) is 0 Å². The second kappa shape index (κ2) is 8.51. The van der Waals surface area contributed by atoms with E-state index < -0.39 is 0 Å². The summed E-state index contributed by atoms with van der Waals surface area (Å²) >= 11 is 0. The number of benzene rings is 1. The minimum atomic E-state index is -0.224. The van der Waals surface area contributed by atoms with Crippen molar-refractivity contribution in [2.45, 2.75) is 32.7 Å². The van der Waals surface area contributed by atoms with Crippen LogP contribution in [0.4, 0.5) is 22.1 Å². The number of rotatable bonds is 5. The maximum atomic E-state index is 11.8. The summed E-state index contributed by atoms with van der Waals surface area (Å²) in [6, 6.07) is 12.1. The molecule has 1 fully saturated rings. The summed E-state index contributed by atoms with van der Waals surface area (Å²) in [7, 11) is 0. The lowest BCUT2D eigenvalue weighted by Gasteiger charge is -2.31. The highest BCUT2D eigenvalue weighted by Gasteiger charge is 2.23. The molecule has 7 heteroatoms. The lowest BCUT2D eigenvalue weighted by Crippen LogP contribution is -2.42. The first-order valence-electron chi connectivity index (χ1n) is 9.00. The van der Waals surface area contributed by atoms with Gasteiger partial charge >= 0.3 is 6.09 Å². The van der Waals surface area contributed by atoms with Gasteiger partial charge in [0.05, 0.1) is 6.61 Å². The van der Waals surface area contributed by atoms with E-state index in [-0.39, 0.29) is 12.1 Å². The van der Waals surface area contributed by atoms with E-state index in [0.29, 0.717) is 25.5 Å². The van der Waals surface area contributed by atoms with E-state index in [0.717, 1.165) is 30.2 Å². The van der Waals surface area contributed by atoms with Crippen molar-refractivity contribution in [2.75, 3.05) is 30.3 Å². The summed E-state index contributed by atoms with van der Waals surface area (Å²) in [5.41, 5.74) is 0.985. The molecule has 2 N–H and O–H groups in total.